The largest absolute Gasteiger partial charge is 0.340 e. The zero-order valence-electron chi connectivity index (χ0n) is 17.6. The van der Waals surface area contributed by atoms with Crippen LogP contribution in [-0.4, -0.2) is 41.9 Å². The van der Waals surface area contributed by atoms with E-state index in [0.717, 1.165) is 44.6 Å². The van der Waals surface area contributed by atoms with E-state index >= 15 is 0 Å². The molecular weight excluding hydrogens is 415 g/mol. The zero-order valence-corrected chi connectivity index (χ0v) is 19.1. The molecule has 1 atom stereocenters. The lowest BCUT2D eigenvalue weighted by molar-refractivity contribution is -0.138. The molecule has 160 valence electrons. The molecule has 2 fully saturated rings. The number of halogens is 2. The predicted octanol–water partition coefficient (Wildman–Crippen LogP) is 6.12. The molecule has 0 N–H and O–H groups in total. The maximum Gasteiger partial charge on any atom is 0.225 e. The van der Waals surface area contributed by atoms with Crippen molar-refractivity contribution in [1.29, 1.82) is 0 Å². The van der Waals surface area contributed by atoms with Crippen molar-refractivity contribution in [1.82, 2.24) is 9.80 Å². The Balaban J connectivity index is 1.53. The lowest BCUT2D eigenvalue weighted by Gasteiger charge is -2.41. The molecule has 1 aliphatic carbocycles. The van der Waals surface area contributed by atoms with E-state index in [1.165, 1.54) is 30.4 Å². The van der Waals surface area contributed by atoms with Crippen LogP contribution < -0.4 is 0 Å². The van der Waals surface area contributed by atoms with Crippen molar-refractivity contribution in [3.8, 4) is 0 Å². The van der Waals surface area contributed by atoms with Gasteiger partial charge in [-0.15, -0.1) is 0 Å². The van der Waals surface area contributed by atoms with Gasteiger partial charge in [0.05, 0.1) is 6.04 Å². The minimum atomic E-state index is 0.0577. The van der Waals surface area contributed by atoms with Crippen molar-refractivity contribution < 1.29 is 4.79 Å². The molecule has 0 unspecified atom stereocenters. The third kappa shape index (κ3) is 4.85. The zero-order chi connectivity index (χ0) is 21.1. The van der Waals surface area contributed by atoms with Crippen LogP contribution in [0.25, 0.3) is 0 Å². The number of nitrogens with zero attached hydrogens (tertiary/aromatic N) is 2. The quantitative estimate of drug-likeness (QED) is 0.567. The summed E-state index contributed by atoms with van der Waals surface area (Å²) in [6, 6.07) is 14.5. The summed E-state index contributed by atoms with van der Waals surface area (Å²) in [5.41, 5.74) is 3.52. The first-order chi connectivity index (χ1) is 14.5. The van der Waals surface area contributed by atoms with Gasteiger partial charge in [0.2, 0.25) is 5.91 Å². The van der Waals surface area contributed by atoms with E-state index in [4.69, 9.17) is 23.2 Å². The molecule has 2 aliphatic rings. The van der Waals surface area contributed by atoms with Crippen LogP contribution in [0.1, 0.15) is 54.8 Å². The lowest BCUT2D eigenvalue weighted by atomic mass is 9.88. The van der Waals surface area contributed by atoms with E-state index in [2.05, 4.69) is 41.0 Å². The van der Waals surface area contributed by atoms with Crippen LogP contribution in [0.5, 0.6) is 0 Å². The Kier molecular flexibility index (Phi) is 7.02. The van der Waals surface area contributed by atoms with E-state index in [9.17, 15) is 4.79 Å². The van der Waals surface area contributed by atoms with Crippen LogP contribution in [0.3, 0.4) is 0 Å². The molecule has 0 bridgehead atoms. The highest BCUT2D eigenvalue weighted by molar-refractivity contribution is 6.35. The molecule has 2 aromatic carbocycles. The number of rotatable bonds is 4. The van der Waals surface area contributed by atoms with Crippen molar-refractivity contribution >= 4 is 29.1 Å². The van der Waals surface area contributed by atoms with Gasteiger partial charge in [0.25, 0.3) is 0 Å². The summed E-state index contributed by atoms with van der Waals surface area (Å²) >= 11 is 12.8. The van der Waals surface area contributed by atoms with Crippen LogP contribution in [0, 0.1) is 12.8 Å². The summed E-state index contributed by atoms with van der Waals surface area (Å²) in [6.07, 6.45) is 5.79. The molecule has 4 rings (SSSR count). The van der Waals surface area contributed by atoms with Crippen molar-refractivity contribution in [3.05, 3.63) is 69.2 Å². The fourth-order valence-electron chi connectivity index (χ4n) is 4.87. The highest BCUT2D eigenvalue weighted by Gasteiger charge is 2.32. The van der Waals surface area contributed by atoms with E-state index in [0.29, 0.717) is 16.0 Å². The molecule has 0 aromatic heterocycles. The van der Waals surface area contributed by atoms with Gasteiger partial charge in [-0.25, -0.2) is 0 Å². The van der Waals surface area contributed by atoms with Crippen molar-refractivity contribution in [2.45, 2.75) is 45.1 Å². The molecular formula is C25H30Cl2N2O. The molecule has 30 heavy (non-hydrogen) atoms. The summed E-state index contributed by atoms with van der Waals surface area (Å²) in [7, 11) is 0. The number of piperazine rings is 1. The number of carbonyl (C=O) groups is 1. The molecule has 2 aromatic rings. The molecule has 5 heteroatoms. The van der Waals surface area contributed by atoms with Gasteiger partial charge in [-0.2, -0.15) is 0 Å². The van der Waals surface area contributed by atoms with E-state index in [-0.39, 0.29) is 12.0 Å². The summed E-state index contributed by atoms with van der Waals surface area (Å²) in [6.45, 7) is 5.35. The maximum absolute atomic E-state index is 13.0. The van der Waals surface area contributed by atoms with Crippen LogP contribution in [-0.2, 0) is 4.79 Å². The Hall–Kier alpha value is -1.55. The number of aryl methyl sites for hydroxylation is 1. The fraction of sp³-hybridized carbons (Fsp3) is 0.480. The van der Waals surface area contributed by atoms with Crippen molar-refractivity contribution in [2.75, 3.05) is 26.2 Å². The second-order valence-corrected chi connectivity index (χ2v) is 9.52. The van der Waals surface area contributed by atoms with E-state index in [1.807, 2.05) is 18.2 Å². The Morgan fingerprint density at radius 1 is 0.933 bits per heavy atom. The highest BCUT2D eigenvalue weighted by atomic mass is 35.5. The number of carbonyl (C=O) groups excluding carboxylic acids is 1. The Bertz CT molecular complexity index is 869. The molecule has 0 spiro atoms. The van der Waals surface area contributed by atoms with Gasteiger partial charge in [-0.3, -0.25) is 9.69 Å². The molecule has 0 radical (unpaired) electrons. The highest BCUT2D eigenvalue weighted by Crippen LogP contribution is 2.36. The van der Waals surface area contributed by atoms with Crippen LogP contribution >= 0.6 is 23.2 Å². The summed E-state index contributed by atoms with van der Waals surface area (Å²) in [5.74, 6) is 0.606. The lowest BCUT2D eigenvalue weighted by Crippen LogP contribution is -2.51. The third-order valence-electron chi connectivity index (χ3n) is 6.60. The first-order valence-corrected chi connectivity index (χ1v) is 11.8. The monoisotopic (exact) mass is 444 g/mol. The number of benzene rings is 2. The van der Waals surface area contributed by atoms with Gasteiger partial charge in [0, 0.05) is 42.1 Å². The normalized spacial score (nSPS) is 19.6. The maximum atomic E-state index is 13.0. The number of hydrogen-bond acceptors (Lipinski definition) is 2. The summed E-state index contributed by atoms with van der Waals surface area (Å²) in [4.78, 5) is 17.5. The predicted molar refractivity (Wildman–Crippen MR) is 124 cm³/mol. The third-order valence-corrected chi connectivity index (χ3v) is 7.16. The second-order valence-electron chi connectivity index (χ2n) is 8.68. The molecule has 1 aliphatic heterocycles. The van der Waals surface area contributed by atoms with E-state index < -0.39 is 0 Å². The second kappa shape index (κ2) is 9.72. The first-order valence-electron chi connectivity index (χ1n) is 11.1. The van der Waals surface area contributed by atoms with E-state index in [1.54, 1.807) is 0 Å². The van der Waals surface area contributed by atoms with Gasteiger partial charge in [0.1, 0.15) is 0 Å². The minimum Gasteiger partial charge on any atom is -0.340 e. The van der Waals surface area contributed by atoms with Crippen molar-refractivity contribution in [2.24, 2.45) is 5.92 Å². The Labute approximate surface area is 190 Å². The van der Waals surface area contributed by atoms with Gasteiger partial charge < -0.3 is 4.90 Å². The minimum absolute atomic E-state index is 0.0577. The Morgan fingerprint density at radius 2 is 1.60 bits per heavy atom. The fourth-order valence-corrected chi connectivity index (χ4v) is 5.38. The number of hydrogen-bond donors (Lipinski definition) is 0. The smallest absolute Gasteiger partial charge is 0.225 e. The molecule has 3 nitrogen and oxygen atoms in total. The van der Waals surface area contributed by atoms with Gasteiger partial charge in [0.15, 0.2) is 0 Å². The first kappa shape index (κ1) is 21.7. The van der Waals surface area contributed by atoms with Gasteiger partial charge in [-0.05, 0) is 43.0 Å². The van der Waals surface area contributed by atoms with Gasteiger partial charge >= 0.3 is 0 Å². The summed E-state index contributed by atoms with van der Waals surface area (Å²) in [5, 5.41) is 1.34. The number of amides is 1. The average molecular weight is 445 g/mol. The van der Waals surface area contributed by atoms with Crippen molar-refractivity contribution in [3.63, 3.8) is 0 Å². The van der Waals surface area contributed by atoms with Gasteiger partial charge in [-0.1, -0.05) is 78.4 Å². The molecule has 1 heterocycles. The van der Waals surface area contributed by atoms with Crippen LogP contribution in [0.15, 0.2) is 42.5 Å². The average Bonchev–Trinajstić information content (AvgIpc) is 2.77. The van der Waals surface area contributed by atoms with Crippen LogP contribution in [0.4, 0.5) is 0 Å². The summed E-state index contributed by atoms with van der Waals surface area (Å²) < 4.78 is 0. The SMILES string of the molecule is Cc1ccc([C@H](c2ccc(Cl)cc2Cl)N2CCN(C(=O)C3CCCCC3)CC2)cc1. The molecule has 1 saturated heterocycles. The standard InChI is InChI=1S/C25H30Cl2N2O/c1-18-7-9-19(10-8-18)24(22-12-11-21(26)17-23(22)27)28-13-15-29(16-14-28)25(30)20-5-3-2-4-6-20/h7-12,17,20,24H,2-6,13-16H2,1H3/t24-/m1/s1. The van der Waals surface area contributed by atoms with Crippen LogP contribution in [0.2, 0.25) is 10.0 Å². The molecule has 1 amide bonds. The molecule has 1 saturated carbocycles. The topological polar surface area (TPSA) is 23.6 Å². The Morgan fingerprint density at radius 3 is 2.23 bits per heavy atom.